The molecule has 1 aliphatic rings. The Morgan fingerprint density at radius 3 is 3.00 bits per heavy atom. The Morgan fingerprint density at radius 1 is 1.53 bits per heavy atom. The summed E-state index contributed by atoms with van der Waals surface area (Å²) in [4.78, 5) is 3.92. The second-order valence-corrected chi connectivity index (χ2v) is 6.49. The summed E-state index contributed by atoms with van der Waals surface area (Å²) in [5.41, 5.74) is 1.26. The van der Waals surface area contributed by atoms with Crippen molar-refractivity contribution in [2.75, 3.05) is 13.1 Å². The molecule has 1 saturated heterocycles. The first kappa shape index (κ1) is 13.0. The van der Waals surface area contributed by atoms with Crippen LogP contribution in [0.1, 0.15) is 43.7 Å². The molecule has 0 amide bonds. The van der Waals surface area contributed by atoms with Gasteiger partial charge in [-0.2, -0.15) is 4.37 Å². The topological polar surface area (TPSA) is 16.1 Å². The predicted octanol–water partition coefficient (Wildman–Crippen LogP) is 3.71. The van der Waals surface area contributed by atoms with Crippen molar-refractivity contribution in [3.63, 3.8) is 0 Å². The molecule has 0 N–H and O–H groups in total. The Kier molecular flexibility index (Phi) is 4.57. The third-order valence-electron chi connectivity index (χ3n) is 3.92. The van der Waals surface area contributed by atoms with E-state index in [2.05, 4.69) is 36.1 Å². The van der Waals surface area contributed by atoms with E-state index >= 15 is 0 Å². The molecule has 0 aromatic carbocycles. The molecule has 2 heterocycles. The number of hydrogen-bond donors (Lipinski definition) is 0. The van der Waals surface area contributed by atoms with Crippen LogP contribution in [0.2, 0.25) is 0 Å². The van der Waals surface area contributed by atoms with E-state index in [0.717, 1.165) is 18.4 Å². The van der Waals surface area contributed by atoms with Gasteiger partial charge in [0.05, 0.1) is 5.69 Å². The summed E-state index contributed by atoms with van der Waals surface area (Å²) in [5, 5.41) is 0. The fourth-order valence-electron chi connectivity index (χ4n) is 2.84. The first-order valence-corrected chi connectivity index (χ1v) is 7.61. The lowest BCUT2D eigenvalue weighted by Crippen LogP contribution is -2.39. The number of aromatic nitrogens is 1. The molecule has 1 fully saturated rings. The van der Waals surface area contributed by atoms with E-state index < -0.39 is 0 Å². The molecule has 0 radical (unpaired) electrons. The molecule has 1 aromatic rings. The highest BCUT2D eigenvalue weighted by Crippen LogP contribution is 2.27. The lowest BCUT2D eigenvalue weighted by molar-refractivity contribution is 0.114. The van der Waals surface area contributed by atoms with Gasteiger partial charge in [0.25, 0.3) is 0 Å². The van der Waals surface area contributed by atoms with E-state index in [9.17, 15) is 0 Å². The van der Waals surface area contributed by atoms with Crippen LogP contribution in [0.3, 0.4) is 0 Å². The van der Waals surface area contributed by atoms with E-state index in [0.29, 0.717) is 0 Å². The van der Waals surface area contributed by atoms with Crippen molar-refractivity contribution in [3.05, 3.63) is 16.6 Å². The highest BCUT2D eigenvalue weighted by molar-refractivity contribution is 7.05. The maximum absolute atomic E-state index is 4.50. The van der Waals surface area contributed by atoms with Crippen LogP contribution in [0.15, 0.2) is 6.07 Å². The second kappa shape index (κ2) is 5.96. The van der Waals surface area contributed by atoms with Gasteiger partial charge < -0.3 is 0 Å². The van der Waals surface area contributed by atoms with Gasteiger partial charge in [-0.1, -0.05) is 20.3 Å². The molecular formula is C14H24N2S. The smallest absolute Gasteiger partial charge is 0.0685 e. The van der Waals surface area contributed by atoms with E-state index in [1.165, 1.54) is 42.9 Å². The summed E-state index contributed by atoms with van der Waals surface area (Å²) in [6, 6.07) is 2.23. The van der Waals surface area contributed by atoms with Gasteiger partial charge in [0.15, 0.2) is 0 Å². The average Bonchev–Trinajstić information content (AvgIpc) is 2.69. The molecule has 2 nitrogen and oxygen atoms in total. The van der Waals surface area contributed by atoms with E-state index in [1.807, 2.05) is 0 Å². The van der Waals surface area contributed by atoms with Crippen molar-refractivity contribution in [1.29, 1.82) is 0 Å². The highest BCUT2D eigenvalue weighted by atomic mass is 32.1. The quantitative estimate of drug-likeness (QED) is 0.812. The minimum atomic E-state index is 0.897. The zero-order chi connectivity index (χ0) is 12.3. The monoisotopic (exact) mass is 252 g/mol. The Morgan fingerprint density at radius 2 is 2.35 bits per heavy atom. The van der Waals surface area contributed by atoms with Gasteiger partial charge in [0, 0.05) is 18.0 Å². The van der Waals surface area contributed by atoms with Crippen molar-refractivity contribution in [2.45, 2.75) is 46.6 Å². The fourth-order valence-corrected chi connectivity index (χ4v) is 3.40. The number of nitrogens with zero attached hydrogens (tertiary/aromatic N) is 2. The van der Waals surface area contributed by atoms with Crippen LogP contribution in [0.25, 0.3) is 0 Å². The van der Waals surface area contributed by atoms with Crippen molar-refractivity contribution < 1.29 is 0 Å². The molecule has 0 spiro atoms. The largest absolute Gasteiger partial charge is 0.297 e. The van der Waals surface area contributed by atoms with Gasteiger partial charge in [-0.05, 0) is 55.7 Å². The zero-order valence-electron chi connectivity index (χ0n) is 11.3. The Hall–Kier alpha value is -0.410. The predicted molar refractivity (Wildman–Crippen MR) is 74.3 cm³/mol. The summed E-state index contributed by atoms with van der Waals surface area (Å²) >= 11 is 1.63. The second-order valence-electron chi connectivity index (χ2n) is 5.48. The number of rotatable bonds is 4. The summed E-state index contributed by atoms with van der Waals surface area (Å²) < 4.78 is 4.50. The number of piperidine rings is 1. The van der Waals surface area contributed by atoms with Crippen molar-refractivity contribution in [3.8, 4) is 0 Å². The van der Waals surface area contributed by atoms with Crippen molar-refractivity contribution in [2.24, 2.45) is 11.8 Å². The molecule has 1 aliphatic heterocycles. The van der Waals surface area contributed by atoms with Crippen LogP contribution in [0, 0.1) is 18.8 Å². The maximum Gasteiger partial charge on any atom is 0.0685 e. The zero-order valence-corrected chi connectivity index (χ0v) is 12.1. The normalized spacial score (nSPS) is 26.3. The SMILES string of the molecule is CCCC1CN(Cc2cc(C)sn2)CCC1C. The molecular weight excluding hydrogens is 228 g/mol. The maximum atomic E-state index is 4.50. The van der Waals surface area contributed by atoms with Crippen LogP contribution in [0.5, 0.6) is 0 Å². The average molecular weight is 252 g/mol. The molecule has 3 heteroatoms. The third-order valence-corrected chi connectivity index (χ3v) is 4.65. The Bertz CT molecular complexity index is 348. The van der Waals surface area contributed by atoms with Crippen LogP contribution in [-0.2, 0) is 6.54 Å². The minimum absolute atomic E-state index is 0.897. The molecule has 0 aliphatic carbocycles. The molecule has 96 valence electrons. The van der Waals surface area contributed by atoms with E-state index in [1.54, 1.807) is 11.5 Å². The molecule has 2 rings (SSSR count). The number of hydrogen-bond acceptors (Lipinski definition) is 3. The van der Waals surface area contributed by atoms with E-state index in [4.69, 9.17) is 0 Å². The number of likely N-dealkylation sites (tertiary alicyclic amines) is 1. The summed E-state index contributed by atoms with van der Waals surface area (Å²) in [6.45, 7) is 10.4. The minimum Gasteiger partial charge on any atom is -0.297 e. The summed E-state index contributed by atoms with van der Waals surface area (Å²) in [6.07, 6.45) is 4.06. The molecule has 0 bridgehead atoms. The van der Waals surface area contributed by atoms with Gasteiger partial charge in [-0.3, -0.25) is 4.90 Å². The first-order chi connectivity index (χ1) is 8.19. The highest BCUT2D eigenvalue weighted by Gasteiger charge is 2.25. The van der Waals surface area contributed by atoms with Crippen molar-refractivity contribution in [1.82, 2.24) is 9.27 Å². The van der Waals surface area contributed by atoms with Gasteiger partial charge in [-0.25, -0.2) is 0 Å². The van der Waals surface area contributed by atoms with Crippen LogP contribution >= 0.6 is 11.5 Å². The third kappa shape index (κ3) is 3.52. The van der Waals surface area contributed by atoms with E-state index in [-0.39, 0.29) is 0 Å². The molecule has 2 unspecified atom stereocenters. The molecule has 17 heavy (non-hydrogen) atoms. The lowest BCUT2D eigenvalue weighted by atomic mass is 9.84. The van der Waals surface area contributed by atoms with Crippen molar-refractivity contribution >= 4 is 11.5 Å². The van der Waals surface area contributed by atoms with Gasteiger partial charge >= 0.3 is 0 Å². The Labute approximate surface area is 109 Å². The first-order valence-electron chi connectivity index (χ1n) is 6.83. The van der Waals surface area contributed by atoms with Crippen LogP contribution < -0.4 is 0 Å². The van der Waals surface area contributed by atoms with Gasteiger partial charge in [-0.15, -0.1) is 0 Å². The van der Waals surface area contributed by atoms with Crippen LogP contribution in [-0.4, -0.2) is 22.4 Å². The molecule has 2 atom stereocenters. The summed E-state index contributed by atoms with van der Waals surface area (Å²) in [5.74, 6) is 1.80. The van der Waals surface area contributed by atoms with Gasteiger partial charge in [0.2, 0.25) is 0 Å². The van der Waals surface area contributed by atoms with Gasteiger partial charge in [0.1, 0.15) is 0 Å². The summed E-state index contributed by atoms with van der Waals surface area (Å²) in [7, 11) is 0. The molecule has 1 aromatic heterocycles. The Balaban J connectivity index is 1.89. The lowest BCUT2D eigenvalue weighted by Gasteiger charge is -2.36. The fraction of sp³-hybridized carbons (Fsp3) is 0.786. The molecule has 0 saturated carbocycles. The number of aryl methyl sites for hydroxylation is 1. The standard InChI is InChI=1S/C14H24N2S/c1-4-5-13-9-16(7-6-11(13)2)10-14-8-12(3)17-15-14/h8,11,13H,4-7,9-10H2,1-3H3. The van der Waals surface area contributed by atoms with Crippen LogP contribution in [0.4, 0.5) is 0 Å².